The van der Waals surface area contributed by atoms with Crippen molar-refractivity contribution in [1.82, 2.24) is 4.98 Å². The molecule has 0 aliphatic heterocycles. The second-order valence-electron chi connectivity index (χ2n) is 3.35. The van der Waals surface area contributed by atoms with Gasteiger partial charge in [0.25, 0.3) is 6.43 Å². The lowest BCUT2D eigenvalue weighted by molar-refractivity contribution is -0.142. The summed E-state index contributed by atoms with van der Waals surface area (Å²) in [5.74, 6) is -0.669. The number of rotatable bonds is 4. The highest BCUT2D eigenvalue weighted by atomic mass is 19.3. The van der Waals surface area contributed by atoms with Crippen LogP contribution < -0.4 is 5.73 Å². The molecule has 0 saturated carbocycles. The van der Waals surface area contributed by atoms with Gasteiger partial charge in [-0.05, 0) is 13.0 Å². The van der Waals surface area contributed by atoms with E-state index in [2.05, 4.69) is 9.72 Å². The molecule has 7 heteroatoms. The van der Waals surface area contributed by atoms with E-state index in [1.165, 1.54) is 0 Å². The van der Waals surface area contributed by atoms with Gasteiger partial charge in [0.15, 0.2) is 0 Å². The van der Waals surface area contributed by atoms with Crippen LogP contribution in [0.5, 0.6) is 0 Å². The Morgan fingerprint density at radius 1 is 1.67 bits per heavy atom. The lowest BCUT2D eigenvalue weighted by atomic mass is 10.1. The summed E-state index contributed by atoms with van der Waals surface area (Å²) in [6.45, 7) is 1.75. The van der Waals surface area contributed by atoms with Crippen LogP contribution in [0.3, 0.4) is 0 Å². The Balaban J connectivity index is 3.17. The molecule has 0 amide bonds. The molecule has 1 heterocycles. The molecule has 1 rings (SSSR count). The molecule has 0 bridgehead atoms. The number of hydrogen-bond donors (Lipinski definition) is 1. The van der Waals surface area contributed by atoms with Crippen molar-refractivity contribution >= 4 is 11.7 Å². The second-order valence-corrected chi connectivity index (χ2v) is 3.35. The molecule has 0 unspecified atom stereocenters. The maximum Gasteiger partial charge on any atom is 0.310 e. The molecule has 18 heavy (non-hydrogen) atoms. The third-order valence-corrected chi connectivity index (χ3v) is 2.14. The fraction of sp³-hybridized carbons (Fsp3) is 0.364. The zero-order chi connectivity index (χ0) is 13.7. The predicted molar refractivity (Wildman–Crippen MR) is 58.7 cm³/mol. The first-order chi connectivity index (χ1) is 8.49. The zero-order valence-electron chi connectivity index (χ0n) is 9.61. The lowest BCUT2D eigenvalue weighted by Gasteiger charge is -2.11. The molecule has 0 aromatic carbocycles. The Kier molecular flexibility index (Phi) is 4.54. The number of ether oxygens (including phenoxy) is 1. The smallest absolute Gasteiger partial charge is 0.310 e. The van der Waals surface area contributed by atoms with Gasteiger partial charge >= 0.3 is 5.97 Å². The topological polar surface area (TPSA) is 89.0 Å². The maximum absolute atomic E-state index is 12.8. The summed E-state index contributed by atoms with van der Waals surface area (Å²) in [6, 6.07) is 2.78. The van der Waals surface area contributed by atoms with Gasteiger partial charge in [0.05, 0.1) is 13.0 Å². The van der Waals surface area contributed by atoms with E-state index in [-0.39, 0.29) is 23.6 Å². The van der Waals surface area contributed by atoms with Crippen molar-refractivity contribution in [2.45, 2.75) is 19.8 Å². The average Bonchev–Trinajstić information content (AvgIpc) is 2.31. The van der Waals surface area contributed by atoms with Crippen LogP contribution in [0.4, 0.5) is 14.5 Å². The number of carbonyl (C=O) groups is 1. The fourth-order valence-corrected chi connectivity index (χ4v) is 1.40. The van der Waals surface area contributed by atoms with Crippen LogP contribution in [-0.4, -0.2) is 17.6 Å². The largest absolute Gasteiger partial charge is 0.466 e. The minimum absolute atomic E-state index is 0.0649. The molecule has 0 saturated heterocycles. The summed E-state index contributed by atoms with van der Waals surface area (Å²) in [4.78, 5) is 14.7. The number of nitrogens with two attached hydrogens (primary N) is 1. The van der Waals surface area contributed by atoms with Gasteiger partial charge < -0.3 is 10.5 Å². The first-order valence-corrected chi connectivity index (χ1v) is 5.12. The Labute approximate surface area is 102 Å². The normalized spacial score (nSPS) is 10.2. The molecule has 0 radical (unpaired) electrons. The van der Waals surface area contributed by atoms with Crippen molar-refractivity contribution in [3.8, 4) is 6.07 Å². The number of esters is 1. The summed E-state index contributed by atoms with van der Waals surface area (Å²) in [7, 11) is 0. The molecule has 96 valence electrons. The van der Waals surface area contributed by atoms with Crippen molar-refractivity contribution in [2.75, 3.05) is 12.3 Å². The van der Waals surface area contributed by atoms with Gasteiger partial charge in [-0.2, -0.15) is 5.26 Å². The van der Waals surface area contributed by atoms with Gasteiger partial charge in [-0.15, -0.1) is 0 Å². The average molecular weight is 255 g/mol. The highest BCUT2D eigenvalue weighted by Crippen LogP contribution is 2.26. The number of anilines is 1. The molecule has 0 spiro atoms. The quantitative estimate of drug-likeness (QED) is 0.825. The van der Waals surface area contributed by atoms with Crippen LogP contribution in [0, 0.1) is 11.3 Å². The zero-order valence-corrected chi connectivity index (χ0v) is 9.61. The Morgan fingerprint density at radius 2 is 2.33 bits per heavy atom. The number of carbonyl (C=O) groups excluding carboxylic acids is 1. The van der Waals surface area contributed by atoms with Gasteiger partial charge in [0.1, 0.15) is 17.5 Å². The highest BCUT2D eigenvalue weighted by molar-refractivity contribution is 5.75. The van der Waals surface area contributed by atoms with E-state index in [0.29, 0.717) is 0 Å². The van der Waals surface area contributed by atoms with E-state index in [1.807, 2.05) is 0 Å². The summed E-state index contributed by atoms with van der Waals surface area (Å²) in [5, 5.41) is 8.62. The number of nitriles is 1. The summed E-state index contributed by atoms with van der Waals surface area (Å²) in [6.07, 6.45) is -3.30. The van der Waals surface area contributed by atoms with Gasteiger partial charge in [-0.3, -0.25) is 4.79 Å². The van der Waals surface area contributed by atoms with Crippen LogP contribution in [0.1, 0.15) is 30.3 Å². The number of halogens is 2. The third-order valence-electron chi connectivity index (χ3n) is 2.14. The number of nitrogens with zero attached hydrogens (tertiary/aromatic N) is 2. The van der Waals surface area contributed by atoms with Crippen LogP contribution >= 0.6 is 0 Å². The van der Waals surface area contributed by atoms with Crippen LogP contribution in [0.2, 0.25) is 0 Å². The summed E-state index contributed by atoms with van der Waals surface area (Å²) in [5.41, 5.74) is 4.52. The minimum atomic E-state index is -2.91. The summed E-state index contributed by atoms with van der Waals surface area (Å²) >= 11 is 0. The Morgan fingerprint density at radius 3 is 2.83 bits per heavy atom. The second kappa shape index (κ2) is 5.91. The molecule has 1 aromatic rings. The van der Waals surface area contributed by atoms with Crippen molar-refractivity contribution in [1.29, 1.82) is 5.26 Å². The first kappa shape index (κ1) is 13.8. The Bertz CT molecular complexity index is 498. The van der Waals surface area contributed by atoms with E-state index in [9.17, 15) is 13.6 Å². The van der Waals surface area contributed by atoms with Crippen LogP contribution in [0.25, 0.3) is 0 Å². The molecule has 0 aliphatic carbocycles. The molecule has 0 aliphatic rings. The van der Waals surface area contributed by atoms with E-state index in [1.54, 1.807) is 13.0 Å². The third kappa shape index (κ3) is 3.13. The van der Waals surface area contributed by atoms with Crippen LogP contribution in [0.15, 0.2) is 6.07 Å². The summed E-state index contributed by atoms with van der Waals surface area (Å²) < 4.78 is 30.2. The highest BCUT2D eigenvalue weighted by Gasteiger charge is 2.21. The standard InChI is InChI=1S/C11H11F2N3O2/c1-2-18-9(17)4-7-8(15)3-6(5-14)16-10(7)11(12)13/h3,11H,2,4H2,1H3,(H2,15,16). The SMILES string of the molecule is CCOC(=O)Cc1c(N)cc(C#N)nc1C(F)F. The molecule has 2 N–H and O–H groups in total. The van der Waals surface area contributed by atoms with Gasteiger partial charge in [0, 0.05) is 11.3 Å². The van der Waals surface area contributed by atoms with Gasteiger partial charge in [-0.1, -0.05) is 0 Å². The molecule has 1 aromatic heterocycles. The number of aromatic nitrogens is 1. The van der Waals surface area contributed by atoms with Crippen molar-refractivity contribution in [2.24, 2.45) is 0 Å². The van der Waals surface area contributed by atoms with E-state index in [4.69, 9.17) is 11.0 Å². The van der Waals surface area contributed by atoms with Crippen LogP contribution in [-0.2, 0) is 16.0 Å². The minimum Gasteiger partial charge on any atom is -0.466 e. The monoisotopic (exact) mass is 255 g/mol. The van der Waals surface area contributed by atoms with E-state index < -0.39 is 24.5 Å². The maximum atomic E-state index is 12.8. The first-order valence-electron chi connectivity index (χ1n) is 5.12. The molecule has 5 nitrogen and oxygen atoms in total. The van der Waals surface area contributed by atoms with Crippen molar-refractivity contribution < 1.29 is 18.3 Å². The number of nitrogen functional groups attached to an aromatic ring is 1. The number of pyridine rings is 1. The molecular formula is C11H11F2N3O2. The predicted octanol–water partition coefficient (Wildman–Crippen LogP) is 1.58. The van der Waals surface area contributed by atoms with Gasteiger partial charge in [0.2, 0.25) is 0 Å². The molecule has 0 atom stereocenters. The van der Waals surface area contributed by atoms with E-state index >= 15 is 0 Å². The molecular weight excluding hydrogens is 244 g/mol. The van der Waals surface area contributed by atoms with Crippen molar-refractivity contribution in [3.05, 3.63) is 23.0 Å². The van der Waals surface area contributed by atoms with Crippen molar-refractivity contribution in [3.63, 3.8) is 0 Å². The molecule has 0 fully saturated rings. The Hall–Kier alpha value is -2.23. The lowest BCUT2D eigenvalue weighted by Crippen LogP contribution is -2.13. The van der Waals surface area contributed by atoms with E-state index in [0.717, 1.165) is 6.07 Å². The number of hydrogen-bond acceptors (Lipinski definition) is 5. The number of alkyl halides is 2. The fourth-order valence-electron chi connectivity index (χ4n) is 1.40. The van der Waals surface area contributed by atoms with Gasteiger partial charge in [-0.25, -0.2) is 13.8 Å².